The van der Waals surface area contributed by atoms with Crippen molar-refractivity contribution in [2.75, 3.05) is 0 Å². The fraction of sp³-hybridized carbons (Fsp3) is 0.250. The van der Waals surface area contributed by atoms with E-state index in [1.54, 1.807) is 0 Å². The van der Waals surface area contributed by atoms with Crippen molar-refractivity contribution in [1.82, 2.24) is 0 Å². The van der Waals surface area contributed by atoms with Gasteiger partial charge in [0.2, 0.25) is 0 Å². The van der Waals surface area contributed by atoms with Gasteiger partial charge in [-0.3, -0.25) is 18.2 Å². The molecule has 2 aromatic carbocycles. The predicted octanol–water partition coefficient (Wildman–Crippen LogP) is 2.88. The summed E-state index contributed by atoms with van der Waals surface area (Å²) in [5.74, 6) is 0. The Morgan fingerprint density at radius 2 is 0.647 bits per heavy atom. The lowest BCUT2D eigenvalue weighted by Gasteiger charge is -2.24. The Hall–Kier alpha value is -1.34. The molecule has 0 aliphatic rings. The molecule has 0 bridgehead atoms. The van der Waals surface area contributed by atoms with E-state index in [1.807, 2.05) is 0 Å². The van der Waals surface area contributed by atoms with Gasteiger partial charge in [-0.15, -0.1) is 0 Å². The molecule has 0 aliphatic carbocycles. The number of hydrogen-bond acceptors (Lipinski definition) is 8. The van der Waals surface area contributed by atoms with Crippen LogP contribution in [0, 0.1) is 27.7 Å². The lowest BCUT2D eigenvalue weighted by atomic mass is 9.91. The summed E-state index contributed by atoms with van der Waals surface area (Å²) in [4.78, 5) is -6.26. The van der Waals surface area contributed by atoms with Gasteiger partial charge in [0.05, 0.1) is 10.0 Å². The molecule has 0 radical (unpaired) electrons. The summed E-state index contributed by atoms with van der Waals surface area (Å²) in [6, 6.07) is 0. The van der Waals surface area contributed by atoms with Crippen LogP contribution in [0.5, 0.6) is 0 Å². The normalized spacial score (nSPS) is 13.4. The molecule has 190 valence electrons. The monoisotopic (exact) mass is 598 g/mol. The van der Waals surface area contributed by atoms with E-state index in [0.29, 0.717) is 0 Å². The van der Waals surface area contributed by atoms with Crippen LogP contribution in [-0.2, 0) is 40.5 Å². The van der Waals surface area contributed by atoms with Gasteiger partial charge in [0.15, 0.2) is 0 Å². The molecule has 34 heavy (non-hydrogen) atoms. The summed E-state index contributed by atoms with van der Waals surface area (Å²) in [6.45, 7) is 4.53. The van der Waals surface area contributed by atoms with Gasteiger partial charge in [-0.25, -0.2) is 0 Å². The fourth-order valence-corrected chi connectivity index (χ4v) is 8.93. The highest BCUT2D eigenvalue weighted by Crippen LogP contribution is 2.48. The Bertz CT molecular complexity index is 1560. The van der Waals surface area contributed by atoms with Crippen LogP contribution >= 0.6 is 23.2 Å². The second kappa shape index (κ2) is 8.65. The zero-order valence-electron chi connectivity index (χ0n) is 17.4. The van der Waals surface area contributed by atoms with Crippen LogP contribution in [0.2, 0.25) is 10.0 Å². The summed E-state index contributed by atoms with van der Waals surface area (Å²) in [5.41, 5.74) is -2.91. The molecule has 2 rings (SSSR count). The van der Waals surface area contributed by atoms with Crippen molar-refractivity contribution in [2.24, 2.45) is 0 Å². The molecule has 0 aliphatic heterocycles. The largest absolute Gasteiger partial charge is 0.297 e. The second-order valence-electron chi connectivity index (χ2n) is 7.09. The predicted molar refractivity (Wildman–Crippen MR) is 120 cm³/mol. The Morgan fingerprint density at radius 1 is 0.441 bits per heavy atom. The first kappa shape index (κ1) is 28.9. The van der Waals surface area contributed by atoms with Crippen LogP contribution in [0.15, 0.2) is 19.6 Å². The molecule has 0 atom stereocenters. The minimum absolute atomic E-state index is 0.224. The average molecular weight is 599 g/mol. The molecule has 0 spiro atoms. The quantitative estimate of drug-likeness (QED) is 0.365. The molecule has 12 nitrogen and oxygen atoms in total. The first-order chi connectivity index (χ1) is 15.0. The van der Waals surface area contributed by atoms with Crippen molar-refractivity contribution in [3.63, 3.8) is 0 Å². The summed E-state index contributed by atoms with van der Waals surface area (Å²) in [6.07, 6.45) is 0. The van der Waals surface area contributed by atoms with Crippen LogP contribution in [0.1, 0.15) is 22.3 Å². The van der Waals surface area contributed by atoms with E-state index in [4.69, 9.17) is 23.2 Å². The number of halogens is 2. The molecule has 0 heterocycles. The van der Waals surface area contributed by atoms with Crippen LogP contribution in [0.25, 0.3) is 11.1 Å². The van der Waals surface area contributed by atoms with Gasteiger partial charge in [0, 0.05) is 11.1 Å². The Balaban J connectivity index is 3.65. The van der Waals surface area contributed by atoms with Gasteiger partial charge in [0.1, 0.15) is 19.6 Å². The van der Waals surface area contributed by atoms with E-state index < -0.39 is 81.2 Å². The molecule has 0 amide bonds. The molecule has 0 saturated heterocycles. The number of benzene rings is 2. The first-order valence-electron chi connectivity index (χ1n) is 8.51. The topological polar surface area (TPSA) is 217 Å². The molecule has 2 aromatic rings. The zero-order valence-corrected chi connectivity index (χ0v) is 22.2. The highest BCUT2D eigenvalue weighted by atomic mass is 35.5. The van der Waals surface area contributed by atoms with Crippen LogP contribution in [0.3, 0.4) is 0 Å². The Morgan fingerprint density at radius 3 is 0.824 bits per heavy atom. The van der Waals surface area contributed by atoms with Crippen molar-refractivity contribution >= 4 is 63.7 Å². The Labute approximate surface area is 205 Å². The van der Waals surface area contributed by atoms with Crippen LogP contribution in [-0.4, -0.2) is 51.9 Å². The van der Waals surface area contributed by atoms with Crippen molar-refractivity contribution in [2.45, 2.75) is 47.3 Å². The van der Waals surface area contributed by atoms with Gasteiger partial charge in [-0.1, -0.05) is 23.2 Å². The summed E-state index contributed by atoms with van der Waals surface area (Å²) in [7, 11) is -22.3. The van der Waals surface area contributed by atoms with Crippen molar-refractivity contribution in [3.8, 4) is 11.1 Å². The summed E-state index contributed by atoms with van der Waals surface area (Å²) >= 11 is 11.9. The third-order valence-electron chi connectivity index (χ3n) is 5.08. The maximum absolute atomic E-state index is 12.3. The van der Waals surface area contributed by atoms with Crippen molar-refractivity contribution in [1.29, 1.82) is 0 Å². The SMILES string of the molecule is Cc1c(C)c(-c2c(C)c(C)c(Cl)c(S(=O)(=O)O)c2S(=O)(=O)O)c(S(=O)(=O)O)c(S(=O)(=O)O)c1Cl. The van der Waals surface area contributed by atoms with E-state index >= 15 is 0 Å². The van der Waals surface area contributed by atoms with Crippen LogP contribution < -0.4 is 0 Å². The van der Waals surface area contributed by atoms with Gasteiger partial charge in [-0.2, -0.15) is 33.7 Å². The highest BCUT2D eigenvalue weighted by molar-refractivity contribution is 7.89. The van der Waals surface area contributed by atoms with E-state index in [1.165, 1.54) is 0 Å². The maximum Gasteiger partial charge on any atom is 0.297 e. The molecular weight excluding hydrogens is 583 g/mol. The molecule has 0 aromatic heterocycles. The summed E-state index contributed by atoms with van der Waals surface area (Å²) < 4.78 is 137. The Kier molecular flexibility index (Phi) is 7.35. The highest BCUT2D eigenvalue weighted by Gasteiger charge is 2.40. The van der Waals surface area contributed by atoms with Gasteiger partial charge < -0.3 is 0 Å². The zero-order chi connectivity index (χ0) is 26.9. The number of hydrogen-bond donors (Lipinski definition) is 4. The fourth-order valence-electron chi connectivity index (χ4n) is 3.37. The van der Waals surface area contributed by atoms with Crippen LogP contribution in [0.4, 0.5) is 0 Å². The van der Waals surface area contributed by atoms with E-state index in [9.17, 15) is 51.9 Å². The lowest BCUT2D eigenvalue weighted by Crippen LogP contribution is -2.17. The standard InChI is InChI=1S/C16H16Cl2O12S4/c1-5-7(3)11(17)15(33(25,26)27)13(31(19,20)21)9(5)10-6(2)8(4)12(18)16(34(28,29)30)14(10)32(22,23)24/h1-4H3,(H,19,20,21)(H,22,23,24)(H,25,26,27)(H,28,29,30). The third kappa shape index (κ3) is 4.84. The second-order valence-corrected chi connectivity index (χ2v) is 13.3. The van der Waals surface area contributed by atoms with Gasteiger partial charge in [0.25, 0.3) is 40.5 Å². The van der Waals surface area contributed by atoms with Gasteiger partial charge >= 0.3 is 0 Å². The molecular formula is C16H16Cl2O12S4. The third-order valence-corrected chi connectivity index (χ3v) is 10.2. The maximum atomic E-state index is 12.3. The lowest BCUT2D eigenvalue weighted by molar-refractivity contribution is 0.465. The average Bonchev–Trinajstić information content (AvgIpc) is 2.60. The van der Waals surface area contributed by atoms with Gasteiger partial charge in [-0.05, 0) is 49.9 Å². The summed E-state index contributed by atoms with van der Waals surface area (Å²) in [5, 5.41) is -1.69. The van der Waals surface area contributed by atoms with Crippen molar-refractivity contribution < 1.29 is 51.9 Å². The minimum Gasteiger partial charge on any atom is -0.282 e. The van der Waals surface area contributed by atoms with E-state index in [-0.39, 0.29) is 22.3 Å². The van der Waals surface area contributed by atoms with E-state index in [0.717, 1.165) is 27.7 Å². The molecule has 0 unspecified atom stereocenters. The molecule has 0 saturated carbocycles. The minimum atomic E-state index is -5.65. The molecule has 0 fully saturated rings. The first-order valence-corrected chi connectivity index (χ1v) is 15.0. The van der Waals surface area contributed by atoms with E-state index in [2.05, 4.69) is 0 Å². The smallest absolute Gasteiger partial charge is 0.282 e. The van der Waals surface area contributed by atoms with Crippen molar-refractivity contribution in [3.05, 3.63) is 32.3 Å². The molecule has 18 heteroatoms. The molecule has 4 N–H and O–H groups in total. The number of rotatable bonds is 5.